The second-order valence-electron chi connectivity index (χ2n) is 5.04. The van der Waals surface area contributed by atoms with Gasteiger partial charge in [-0.1, -0.05) is 30.3 Å². The van der Waals surface area contributed by atoms with Crippen LogP contribution >= 0.6 is 11.8 Å². The van der Waals surface area contributed by atoms with Crippen LogP contribution in [0, 0.1) is 6.92 Å². The Morgan fingerprint density at radius 2 is 1.95 bits per heavy atom. The average Bonchev–Trinajstić information content (AvgIpc) is 2.47. The van der Waals surface area contributed by atoms with Crippen molar-refractivity contribution in [3.8, 4) is 0 Å². The summed E-state index contributed by atoms with van der Waals surface area (Å²) in [6.45, 7) is 2.71. The fourth-order valence-electron chi connectivity index (χ4n) is 1.99. The molecule has 0 atom stereocenters. The second kappa shape index (κ2) is 7.18. The lowest BCUT2D eigenvalue weighted by atomic mass is 10.1. The number of nitrogens with two attached hydrogens (primary N) is 1. The maximum absolute atomic E-state index is 12.2. The van der Waals surface area contributed by atoms with Crippen molar-refractivity contribution in [1.82, 2.24) is 4.90 Å². The molecule has 0 saturated heterocycles. The molecule has 0 aliphatic heterocycles. The van der Waals surface area contributed by atoms with Gasteiger partial charge < -0.3 is 10.6 Å². The van der Waals surface area contributed by atoms with Crippen molar-refractivity contribution >= 4 is 23.4 Å². The van der Waals surface area contributed by atoms with E-state index in [-0.39, 0.29) is 5.91 Å². The van der Waals surface area contributed by atoms with Gasteiger partial charge in [0.15, 0.2) is 0 Å². The first kappa shape index (κ1) is 15.4. The van der Waals surface area contributed by atoms with Crippen molar-refractivity contribution in [3.63, 3.8) is 0 Å². The fraction of sp³-hybridized carbons (Fsp3) is 0.235. The van der Waals surface area contributed by atoms with Gasteiger partial charge in [0.1, 0.15) is 0 Å². The minimum atomic E-state index is 0.116. The van der Waals surface area contributed by atoms with Crippen LogP contribution in [0.5, 0.6) is 0 Å². The predicted molar refractivity (Wildman–Crippen MR) is 89.2 cm³/mol. The molecule has 0 heterocycles. The highest BCUT2D eigenvalue weighted by atomic mass is 32.2. The topological polar surface area (TPSA) is 46.3 Å². The van der Waals surface area contributed by atoms with Crippen LogP contribution in [0.15, 0.2) is 53.4 Å². The molecule has 0 spiro atoms. The highest BCUT2D eigenvalue weighted by Gasteiger charge is 2.11. The number of anilines is 1. The maximum Gasteiger partial charge on any atom is 0.232 e. The number of hydrogen-bond donors (Lipinski definition) is 1. The van der Waals surface area contributed by atoms with E-state index < -0.39 is 0 Å². The van der Waals surface area contributed by atoms with Crippen molar-refractivity contribution in [3.05, 3.63) is 59.7 Å². The number of carbonyl (C=O) groups excluding carboxylic acids is 1. The van der Waals surface area contributed by atoms with Gasteiger partial charge in [0.05, 0.1) is 5.75 Å². The van der Waals surface area contributed by atoms with E-state index in [0.29, 0.717) is 12.3 Å². The van der Waals surface area contributed by atoms with Crippen LogP contribution in [0.4, 0.5) is 5.69 Å². The lowest BCUT2D eigenvalue weighted by Crippen LogP contribution is -2.28. The van der Waals surface area contributed by atoms with Crippen LogP contribution in [-0.2, 0) is 11.3 Å². The van der Waals surface area contributed by atoms with E-state index in [9.17, 15) is 4.79 Å². The quantitative estimate of drug-likeness (QED) is 0.680. The normalized spacial score (nSPS) is 10.4. The largest absolute Gasteiger partial charge is 0.399 e. The molecule has 0 saturated carbocycles. The number of carbonyl (C=O) groups is 1. The van der Waals surface area contributed by atoms with Gasteiger partial charge in [-0.15, -0.1) is 11.8 Å². The van der Waals surface area contributed by atoms with Gasteiger partial charge in [0.2, 0.25) is 5.91 Å². The molecule has 2 rings (SSSR count). The van der Waals surface area contributed by atoms with E-state index in [4.69, 9.17) is 5.73 Å². The van der Waals surface area contributed by atoms with Gasteiger partial charge in [-0.2, -0.15) is 0 Å². The standard InChI is InChI=1S/C17H20N2OS/c1-13-6-3-4-7-14(13)11-19(2)17(20)12-21-16-9-5-8-15(18)10-16/h3-10H,11-12,18H2,1-2H3. The monoisotopic (exact) mass is 300 g/mol. The van der Waals surface area contributed by atoms with Crippen LogP contribution in [0.2, 0.25) is 0 Å². The Labute approximate surface area is 130 Å². The van der Waals surface area contributed by atoms with E-state index >= 15 is 0 Å². The molecule has 0 aliphatic rings. The number of hydrogen-bond acceptors (Lipinski definition) is 3. The molecule has 0 fully saturated rings. The lowest BCUT2D eigenvalue weighted by molar-refractivity contribution is -0.127. The zero-order valence-corrected chi connectivity index (χ0v) is 13.2. The molecule has 110 valence electrons. The Bertz CT molecular complexity index is 628. The molecule has 0 aromatic heterocycles. The first-order chi connectivity index (χ1) is 10.1. The van der Waals surface area contributed by atoms with Crippen molar-refractivity contribution in [2.24, 2.45) is 0 Å². The van der Waals surface area contributed by atoms with Crippen molar-refractivity contribution in [2.45, 2.75) is 18.4 Å². The van der Waals surface area contributed by atoms with Crippen molar-refractivity contribution in [2.75, 3.05) is 18.5 Å². The Morgan fingerprint density at radius 1 is 1.19 bits per heavy atom. The van der Waals surface area contributed by atoms with Gasteiger partial charge in [0, 0.05) is 24.2 Å². The van der Waals surface area contributed by atoms with Crippen LogP contribution < -0.4 is 5.73 Å². The van der Waals surface area contributed by atoms with Gasteiger partial charge in [-0.05, 0) is 36.2 Å². The van der Waals surface area contributed by atoms with Crippen LogP contribution in [0.25, 0.3) is 0 Å². The van der Waals surface area contributed by atoms with Gasteiger partial charge in [-0.3, -0.25) is 4.79 Å². The third-order valence-electron chi connectivity index (χ3n) is 3.31. The number of amides is 1. The van der Waals surface area contributed by atoms with Crippen LogP contribution in [-0.4, -0.2) is 23.6 Å². The summed E-state index contributed by atoms with van der Waals surface area (Å²) in [6, 6.07) is 15.7. The minimum absolute atomic E-state index is 0.116. The molecule has 2 aromatic carbocycles. The van der Waals surface area contributed by atoms with E-state index in [2.05, 4.69) is 19.1 Å². The molecule has 0 aliphatic carbocycles. The molecule has 2 N–H and O–H groups in total. The highest BCUT2D eigenvalue weighted by molar-refractivity contribution is 8.00. The Hall–Kier alpha value is -1.94. The molecule has 2 aromatic rings. The number of rotatable bonds is 5. The molecular formula is C17H20N2OS. The van der Waals surface area contributed by atoms with Crippen LogP contribution in [0.3, 0.4) is 0 Å². The van der Waals surface area contributed by atoms with E-state index in [0.717, 1.165) is 10.6 Å². The molecule has 21 heavy (non-hydrogen) atoms. The zero-order chi connectivity index (χ0) is 15.2. The summed E-state index contributed by atoms with van der Waals surface area (Å²) in [4.78, 5) is 15.0. The van der Waals surface area contributed by atoms with Crippen molar-refractivity contribution < 1.29 is 4.79 Å². The molecular weight excluding hydrogens is 280 g/mol. The Balaban J connectivity index is 1.90. The summed E-state index contributed by atoms with van der Waals surface area (Å²) in [6.07, 6.45) is 0. The third kappa shape index (κ3) is 4.53. The first-order valence-electron chi connectivity index (χ1n) is 6.83. The highest BCUT2D eigenvalue weighted by Crippen LogP contribution is 2.20. The summed E-state index contributed by atoms with van der Waals surface area (Å²) in [5, 5.41) is 0. The number of thioether (sulfide) groups is 1. The summed E-state index contributed by atoms with van der Waals surface area (Å²) in [5.74, 6) is 0.539. The van der Waals surface area contributed by atoms with Crippen LogP contribution in [0.1, 0.15) is 11.1 Å². The predicted octanol–water partition coefficient (Wildman–Crippen LogP) is 3.33. The molecule has 1 amide bonds. The van der Waals surface area contributed by atoms with E-state index in [1.54, 1.807) is 4.90 Å². The summed E-state index contributed by atoms with van der Waals surface area (Å²) >= 11 is 1.51. The zero-order valence-electron chi connectivity index (χ0n) is 12.4. The Kier molecular flexibility index (Phi) is 5.28. The summed E-state index contributed by atoms with van der Waals surface area (Å²) < 4.78 is 0. The van der Waals surface area contributed by atoms with Gasteiger partial charge in [-0.25, -0.2) is 0 Å². The van der Waals surface area contributed by atoms with Gasteiger partial charge >= 0.3 is 0 Å². The van der Waals surface area contributed by atoms with E-state index in [1.165, 1.54) is 22.9 Å². The molecule has 4 heteroatoms. The number of benzene rings is 2. The second-order valence-corrected chi connectivity index (χ2v) is 6.09. The first-order valence-corrected chi connectivity index (χ1v) is 7.81. The third-order valence-corrected chi connectivity index (χ3v) is 4.29. The number of aryl methyl sites for hydroxylation is 1. The molecule has 3 nitrogen and oxygen atoms in total. The smallest absolute Gasteiger partial charge is 0.232 e. The number of nitrogens with zero attached hydrogens (tertiary/aromatic N) is 1. The number of nitrogen functional groups attached to an aromatic ring is 1. The van der Waals surface area contributed by atoms with E-state index in [1.807, 2.05) is 43.4 Å². The summed E-state index contributed by atoms with van der Waals surface area (Å²) in [7, 11) is 1.84. The molecule has 0 bridgehead atoms. The SMILES string of the molecule is Cc1ccccc1CN(C)C(=O)CSc1cccc(N)c1. The fourth-order valence-corrected chi connectivity index (χ4v) is 2.90. The minimum Gasteiger partial charge on any atom is -0.399 e. The van der Waals surface area contributed by atoms with Gasteiger partial charge in [0.25, 0.3) is 0 Å². The Morgan fingerprint density at radius 3 is 2.67 bits per heavy atom. The lowest BCUT2D eigenvalue weighted by Gasteiger charge is -2.18. The van der Waals surface area contributed by atoms with Crippen molar-refractivity contribution in [1.29, 1.82) is 0 Å². The molecule has 0 unspecified atom stereocenters. The average molecular weight is 300 g/mol. The maximum atomic E-state index is 12.2. The molecule has 0 radical (unpaired) electrons. The summed E-state index contributed by atoms with van der Waals surface area (Å²) in [5.41, 5.74) is 8.85.